The molecule has 2 N–H and O–H groups in total. The Morgan fingerprint density at radius 3 is 2.67 bits per heavy atom. The first-order valence-corrected chi connectivity index (χ1v) is 7.28. The third kappa shape index (κ3) is 3.49. The van der Waals surface area contributed by atoms with E-state index in [2.05, 4.69) is 10.2 Å². The SMILES string of the molecule is Cc1nnc(N(C)Cc2cccc(Cl)c2)c(C(N)=S)c1C. The average Bonchev–Trinajstić information content (AvgIpc) is 2.41. The van der Waals surface area contributed by atoms with E-state index in [1.165, 1.54) is 0 Å². The van der Waals surface area contributed by atoms with E-state index < -0.39 is 0 Å². The van der Waals surface area contributed by atoms with Crippen molar-refractivity contribution in [3.8, 4) is 0 Å². The van der Waals surface area contributed by atoms with Gasteiger partial charge in [0.1, 0.15) is 4.99 Å². The fourth-order valence-corrected chi connectivity index (χ4v) is 2.60. The molecule has 1 aromatic heterocycles. The molecule has 0 atom stereocenters. The molecule has 0 bridgehead atoms. The molecule has 4 nitrogen and oxygen atoms in total. The van der Waals surface area contributed by atoms with Crippen molar-refractivity contribution in [1.29, 1.82) is 0 Å². The van der Waals surface area contributed by atoms with Crippen LogP contribution >= 0.6 is 23.8 Å². The highest BCUT2D eigenvalue weighted by Crippen LogP contribution is 2.23. The molecule has 1 heterocycles. The molecule has 0 saturated heterocycles. The number of thiocarbonyl (C=S) groups is 1. The van der Waals surface area contributed by atoms with Crippen molar-refractivity contribution < 1.29 is 0 Å². The van der Waals surface area contributed by atoms with Gasteiger partial charge in [0.25, 0.3) is 0 Å². The minimum absolute atomic E-state index is 0.332. The standard InChI is InChI=1S/C15H17ClN4S/c1-9-10(2)18-19-15(13(9)14(17)21)20(3)8-11-5-4-6-12(16)7-11/h4-7H,8H2,1-3H3,(H2,17,21). The quantitative estimate of drug-likeness (QED) is 0.878. The summed E-state index contributed by atoms with van der Waals surface area (Å²) in [5.41, 5.74) is 9.51. The van der Waals surface area contributed by atoms with Crippen molar-refractivity contribution in [3.63, 3.8) is 0 Å². The molecule has 0 saturated carbocycles. The molecule has 6 heteroatoms. The van der Waals surface area contributed by atoms with Gasteiger partial charge in [0.2, 0.25) is 0 Å². The van der Waals surface area contributed by atoms with Gasteiger partial charge in [-0.2, -0.15) is 5.10 Å². The van der Waals surface area contributed by atoms with Crippen molar-refractivity contribution in [2.75, 3.05) is 11.9 Å². The number of nitrogens with two attached hydrogens (primary N) is 1. The topological polar surface area (TPSA) is 55.0 Å². The first-order chi connectivity index (χ1) is 9.90. The number of nitrogens with zero attached hydrogens (tertiary/aromatic N) is 3. The minimum atomic E-state index is 0.332. The van der Waals surface area contributed by atoms with E-state index in [1.807, 2.05) is 50.1 Å². The Morgan fingerprint density at radius 1 is 1.33 bits per heavy atom. The van der Waals surface area contributed by atoms with E-state index in [0.29, 0.717) is 22.4 Å². The van der Waals surface area contributed by atoms with Crippen molar-refractivity contribution >= 4 is 34.6 Å². The van der Waals surface area contributed by atoms with Crippen molar-refractivity contribution in [2.24, 2.45) is 5.73 Å². The summed E-state index contributed by atoms with van der Waals surface area (Å²) in [5, 5.41) is 9.13. The van der Waals surface area contributed by atoms with Crippen LogP contribution in [0.15, 0.2) is 24.3 Å². The Labute approximate surface area is 134 Å². The van der Waals surface area contributed by atoms with Gasteiger partial charge in [-0.15, -0.1) is 5.10 Å². The van der Waals surface area contributed by atoms with Gasteiger partial charge in [-0.3, -0.25) is 0 Å². The van der Waals surface area contributed by atoms with Crippen LogP contribution in [0, 0.1) is 13.8 Å². The second kappa shape index (κ2) is 6.37. The summed E-state index contributed by atoms with van der Waals surface area (Å²) in [4.78, 5) is 2.30. The van der Waals surface area contributed by atoms with Crippen LogP contribution in [0.5, 0.6) is 0 Å². The van der Waals surface area contributed by atoms with Crippen LogP contribution in [0.25, 0.3) is 0 Å². The number of rotatable bonds is 4. The molecule has 0 radical (unpaired) electrons. The smallest absolute Gasteiger partial charge is 0.161 e. The maximum Gasteiger partial charge on any atom is 0.161 e. The first-order valence-electron chi connectivity index (χ1n) is 6.49. The van der Waals surface area contributed by atoms with Crippen LogP contribution in [0.2, 0.25) is 5.02 Å². The van der Waals surface area contributed by atoms with Crippen molar-refractivity contribution in [3.05, 3.63) is 51.7 Å². The molecular weight excluding hydrogens is 304 g/mol. The highest BCUT2D eigenvalue weighted by molar-refractivity contribution is 7.80. The zero-order valence-corrected chi connectivity index (χ0v) is 13.8. The van der Waals surface area contributed by atoms with Crippen molar-refractivity contribution in [1.82, 2.24) is 10.2 Å². The molecule has 110 valence electrons. The van der Waals surface area contributed by atoms with E-state index >= 15 is 0 Å². The number of hydrogen-bond donors (Lipinski definition) is 1. The summed E-state index contributed by atoms with van der Waals surface area (Å²) in [6, 6.07) is 7.71. The highest BCUT2D eigenvalue weighted by Gasteiger charge is 2.17. The lowest BCUT2D eigenvalue weighted by Gasteiger charge is -2.22. The van der Waals surface area contributed by atoms with Gasteiger partial charge >= 0.3 is 0 Å². The second-order valence-corrected chi connectivity index (χ2v) is 5.84. The van der Waals surface area contributed by atoms with Crippen LogP contribution in [0.3, 0.4) is 0 Å². The molecule has 0 spiro atoms. The Bertz CT molecular complexity index is 687. The Balaban J connectivity index is 2.37. The summed E-state index contributed by atoms with van der Waals surface area (Å²) in [5.74, 6) is 0.686. The zero-order valence-electron chi connectivity index (χ0n) is 12.2. The maximum atomic E-state index is 6.01. The predicted molar refractivity (Wildman–Crippen MR) is 91.0 cm³/mol. The number of halogens is 1. The monoisotopic (exact) mass is 320 g/mol. The fraction of sp³-hybridized carbons (Fsp3) is 0.267. The Morgan fingerprint density at radius 2 is 2.05 bits per heavy atom. The van der Waals surface area contributed by atoms with E-state index in [9.17, 15) is 0 Å². The van der Waals surface area contributed by atoms with Crippen LogP contribution in [0.1, 0.15) is 22.4 Å². The van der Waals surface area contributed by atoms with Crippen LogP contribution in [-0.4, -0.2) is 22.2 Å². The summed E-state index contributed by atoms with van der Waals surface area (Å²) in [7, 11) is 1.93. The molecule has 2 rings (SSSR count). The zero-order chi connectivity index (χ0) is 15.6. The number of hydrogen-bond acceptors (Lipinski definition) is 4. The second-order valence-electron chi connectivity index (χ2n) is 4.96. The summed E-state index contributed by atoms with van der Waals surface area (Å²) in [6.45, 7) is 4.49. The van der Waals surface area contributed by atoms with Gasteiger partial charge in [0.05, 0.1) is 11.3 Å². The third-order valence-corrected chi connectivity index (χ3v) is 3.79. The lowest BCUT2D eigenvalue weighted by atomic mass is 10.1. The van der Waals surface area contributed by atoms with Crippen molar-refractivity contribution in [2.45, 2.75) is 20.4 Å². The molecule has 0 aliphatic carbocycles. The number of benzene rings is 1. The van der Waals surface area contributed by atoms with Gasteiger partial charge in [0, 0.05) is 18.6 Å². The summed E-state index contributed by atoms with van der Waals surface area (Å²) in [6.07, 6.45) is 0. The van der Waals surface area contributed by atoms with Crippen LogP contribution in [0.4, 0.5) is 5.82 Å². The van der Waals surface area contributed by atoms with E-state index in [0.717, 1.165) is 22.4 Å². The molecule has 0 unspecified atom stereocenters. The summed E-state index contributed by atoms with van der Waals surface area (Å²) >= 11 is 11.2. The largest absolute Gasteiger partial charge is 0.389 e. The molecule has 0 aliphatic rings. The van der Waals surface area contributed by atoms with E-state index in [4.69, 9.17) is 29.6 Å². The molecule has 0 aliphatic heterocycles. The normalized spacial score (nSPS) is 10.5. The fourth-order valence-electron chi connectivity index (χ4n) is 2.14. The molecule has 0 fully saturated rings. The number of aromatic nitrogens is 2. The number of anilines is 1. The molecule has 0 amide bonds. The molecule has 2 aromatic rings. The third-order valence-electron chi connectivity index (χ3n) is 3.35. The van der Waals surface area contributed by atoms with Gasteiger partial charge < -0.3 is 10.6 Å². The van der Waals surface area contributed by atoms with Crippen LogP contribution < -0.4 is 10.6 Å². The first kappa shape index (κ1) is 15.7. The summed E-state index contributed by atoms with van der Waals surface area (Å²) < 4.78 is 0. The average molecular weight is 321 g/mol. The van der Waals surface area contributed by atoms with Gasteiger partial charge in [-0.05, 0) is 37.1 Å². The lowest BCUT2D eigenvalue weighted by molar-refractivity contribution is 0.848. The number of aryl methyl sites for hydroxylation is 1. The maximum absolute atomic E-state index is 6.01. The van der Waals surface area contributed by atoms with Gasteiger partial charge in [-0.1, -0.05) is 36.0 Å². The van der Waals surface area contributed by atoms with Gasteiger partial charge in [0.15, 0.2) is 5.82 Å². The highest BCUT2D eigenvalue weighted by atomic mass is 35.5. The predicted octanol–water partition coefficient (Wildman–Crippen LogP) is 3.02. The Kier molecular flexibility index (Phi) is 4.75. The molecular formula is C15H17ClN4S. The molecule has 21 heavy (non-hydrogen) atoms. The Hall–Kier alpha value is -1.72. The van der Waals surface area contributed by atoms with Crippen LogP contribution in [-0.2, 0) is 6.54 Å². The van der Waals surface area contributed by atoms with Gasteiger partial charge in [-0.25, -0.2) is 0 Å². The molecule has 1 aromatic carbocycles. The van der Waals surface area contributed by atoms with E-state index in [-0.39, 0.29) is 0 Å². The van der Waals surface area contributed by atoms with E-state index in [1.54, 1.807) is 0 Å². The minimum Gasteiger partial charge on any atom is -0.389 e. The lowest BCUT2D eigenvalue weighted by Crippen LogP contribution is -2.25.